The number of nitro benzene ring substituents is 1. The second kappa shape index (κ2) is 6.60. The lowest BCUT2D eigenvalue weighted by molar-refractivity contribution is -0.384. The van der Waals surface area contributed by atoms with Gasteiger partial charge in [0.1, 0.15) is 0 Å². The molecule has 1 aliphatic heterocycles. The minimum absolute atomic E-state index is 0.151. The molecule has 0 aliphatic carbocycles. The third-order valence-electron chi connectivity index (χ3n) is 4.37. The quantitative estimate of drug-likeness (QED) is 0.628. The van der Waals surface area contributed by atoms with Gasteiger partial charge in [0.05, 0.1) is 4.92 Å². The molecule has 0 N–H and O–H groups in total. The van der Waals surface area contributed by atoms with E-state index in [-0.39, 0.29) is 10.6 Å². The third-order valence-corrected chi connectivity index (χ3v) is 4.37. The molecule has 0 saturated carbocycles. The Bertz CT molecular complexity index is 602. The van der Waals surface area contributed by atoms with Crippen molar-refractivity contribution in [3.05, 3.63) is 52.8 Å². The van der Waals surface area contributed by atoms with Gasteiger partial charge < -0.3 is 4.90 Å². The highest BCUT2D eigenvalue weighted by atomic mass is 16.6. The molecule has 2 heterocycles. The Kier molecular flexibility index (Phi) is 4.37. The van der Waals surface area contributed by atoms with Gasteiger partial charge in [0.15, 0.2) is 0 Å². The summed E-state index contributed by atoms with van der Waals surface area (Å²) in [6, 6.07) is 8.82. The first-order valence-electron chi connectivity index (χ1n) is 7.69. The number of nitrogens with zero attached hydrogens (tertiary/aromatic N) is 4. The molecule has 0 amide bonds. The van der Waals surface area contributed by atoms with Crippen LogP contribution in [0, 0.1) is 16.0 Å². The van der Waals surface area contributed by atoms with Gasteiger partial charge in [-0.05, 0) is 43.4 Å². The van der Waals surface area contributed by atoms with E-state index in [0.717, 1.165) is 50.5 Å². The number of rotatable bonds is 5. The summed E-state index contributed by atoms with van der Waals surface area (Å²) < 4.78 is 1.99. The first-order valence-corrected chi connectivity index (χ1v) is 7.69. The lowest BCUT2D eigenvalue weighted by Crippen LogP contribution is -2.33. The molecule has 0 unspecified atom stereocenters. The van der Waals surface area contributed by atoms with E-state index in [4.69, 9.17) is 0 Å². The molecule has 0 bridgehead atoms. The van der Waals surface area contributed by atoms with Gasteiger partial charge in [0.2, 0.25) is 0 Å². The number of piperidine rings is 1. The molecule has 0 radical (unpaired) electrons. The van der Waals surface area contributed by atoms with Gasteiger partial charge in [-0.25, -0.2) is 0 Å². The molecular formula is C16H20N4O2. The number of non-ortho nitro benzene ring substituents is 1. The minimum atomic E-state index is -0.356. The molecule has 0 atom stereocenters. The Morgan fingerprint density at radius 3 is 2.55 bits per heavy atom. The van der Waals surface area contributed by atoms with Crippen molar-refractivity contribution >= 4 is 11.4 Å². The van der Waals surface area contributed by atoms with Crippen molar-refractivity contribution in [1.82, 2.24) is 9.78 Å². The normalized spacial score (nSPS) is 15.9. The van der Waals surface area contributed by atoms with Gasteiger partial charge in [0, 0.05) is 49.8 Å². The van der Waals surface area contributed by atoms with Gasteiger partial charge in [-0.15, -0.1) is 0 Å². The lowest BCUT2D eigenvalue weighted by atomic mass is 9.93. The van der Waals surface area contributed by atoms with Crippen LogP contribution in [-0.4, -0.2) is 27.8 Å². The predicted molar refractivity (Wildman–Crippen MR) is 84.9 cm³/mol. The zero-order valence-electron chi connectivity index (χ0n) is 12.5. The van der Waals surface area contributed by atoms with Crippen molar-refractivity contribution in [2.24, 2.45) is 5.92 Å². The number of hydrogen-bond donors (Lipinski definition) is 0. The van der Waals surface area contributed by atoms with Crippen molar-refractivity contribution in [2.45, 2.75) is 25.8 Å². The zero-order chi connectivity index (χ0) is 15.4. The average molecular weight is 300 g/mol. The summed E-state index contributed by atoms with van der Waals surface area (Å²) in [5.74, 6) is 0.735. The number of aryl methyl sites for hydroxylation is 1. The van der Waals surface area contributed by atoms with E-state index in [1.165, 1.54) is 0 Å². The molecule has 1 aliphatic rings. The highest BCUT2D eigenvalue weighted by Crippen LogP contribution is 2.26. The first-order chi connectivity index (χ1) is 10.7. The predicted octanol–water partition coefficient (Wildman–Crippen LogP) is 3.10. The topological polar surface area (TPSA) is 64.2 Å². The van der Waals surface area contributed by atoms with Gasteiger partial charge in [-0.1, -0.05) is 0 Å². The average Bonchev–Trinajstić information content (AvgIpc) is 3.07. The van der Waals surface area contributed by atoms with Crippen molar-refractivity contribution in [3.8, 4) is 0 Å². The summed E-state index contributed by atoms with van der Waals surface area (Å²) in [7, 11) is 0. The molecule has 1 aromatic carbocycles. The van der Waals surface area contributed by atoms with Crippen LogP contribution in [0.2, 0.25) is 0 Å². The molecule has 6 heteroatoms. The number of nitro groups is 1. The largest absolute Gasteiger partial charge is 0.372 e. The molecule has 3 rings (SSSR count). The second-order valence-electron chi connectivity index (χ2n) is 5.76. The highest BCUT2D eigenvalue weighted by Gasteiger charge is 2.19. The summed E-state index contributed by atoms with van der Waals surface area (Å²) in [4.78, 5) is 12.6. The van der Waals surface area contributed by atoms with Crippen LogP contribution in [0.3, 0.4) is 0 Å². The van der Waals surface area contributed by atoms with Gasteiger partial charge in [-0.2, -0.15) is 5.10 Å². The summed E-state index contributed by atoms with van der Waals surface area (Å²) in [5.41, 5.74) is 1.23. The van der Waals surface area contributed by atoms with E-state index in [0.29, 0.717) is 0 Å². The monoisotopic (exact) mass is 300 g/mol. The summed E-state index contributed by atoms with van der Waals surface area (Å²) in [6.45, 7) is 3.01. The highest BCUT2D eigenvalue weighted by molar-refractivity contribution is 5.51. The Morgan fingerprint density at radius 1 is 1.23 bits per heavy atom. The molecular weight excluding hydrogens is 280 g/mol. The standard InChI is InChI=1S/C16H20N4O2/c21-20(22)16-4-2-15(3-5-16)18-11-6-14(7-12-18)8-13-19-10-1-9-17-19/h1-5,9-10,14H,6-8,11-13H2. The van der Waals surface area contributed by atoms with Crippen LogP contribution in [0.4, 0.5) is 11.4 Å². The van der Waals surface area contributed by atoms with Crippen LogP contribution >= 0.6 is 0 Å². The van der Waals surface area contributed by atoms with E-state index < -0.39 is 0 Å². The molecule has 1 aromatic heterocycles. The van der Waals surface area contributed by atoms with Crippen molar-refractivity contribution < 1.29 is 4.92 Å². The molecule has 1 saturated heterocycles. The van der Waals surface area contributed by atoms with Gasteiger partial charge in [0.25, 0.3) is 5.69 Å². The maximum absolute atomic E-state index is 10.7. The lowest BCUT2D eigenvalue weighted by Gasteiger charge is -2.33. The molecule has 1 fully saturated rings. The SMILES string of the molecule is O=[N+]([O-])c1ccc(N2CCC(CCn3cccn3)CC2)cc1. The van der Waals surface area contributed by atoms with Crippen molar-refractivity contribution in [2.75, 3.05) is 18.0 Å². The van der Waals surface area contributed by atoms with E-state index in [2.05, 4.69) is 10.00 Å². The maximum Gasteiger partial charge on any atom is 0.269 e. The fourth-order valence-electron chi connectivity index (χ4n) is 3.01. The van der Waals surface area contributed by atoms with Gasteiger partial charge in [-0.3, -0.25) is 14.8 Å². The Labute approximate surface area is 129 Å². The van der Waals surface area contributed by atoms with E-state index in [1.807, 2.05) is 35.3 Å². The van der Waals surface area contributed by atoms with E-state index in [9.17, 15) is 10.1 Å². The van der Waals surface area contributed by atoms with Crippen LogP contribution in [0.1, 0.15) is 19.3 Å². The van der Waals surface area contributed by atoms with E-state index >= 15 is 0 Å². The van der Waals surface area contributed by atoms with Crippen molar-refractivity contribution in [3.63, 3.8) is 0 Å². The van der Waals surface area contributed by atoms with Crippen molar-refractivity contribution in [1.29, 1.82) is 0 Å². The molecule has 22 heavy (non-hydrogen) atoms. The number of anilines is 1. The first kappa shape index (κ1) is 14.6. The Balaban J connectivity index is 1.49. The van der Waals surface area contributed by atoms with Crippen LogP contribution < -0.4 is 4.90 Å². The fourth-order valence-corrected chi connectivity index (χ4v) is 3.01. The summed E-state index contributed by atoms with van der Waals surface area (Å²) in [5, 5.41) is 14.9. The molecule has 116 valence electrons. The number of hydrogen-bond acceptors (Lipinski definition) is 4. The van der Waals surface area contributed by atoms with Gasteiger partial charge >= 0.3 is 0 Å². The minimum Gasteiger partial charge on any atom is -0.372 e. The van der Waals surface area contributed by atoms with E-state index in [1.54, 1.807) is 12.1 Å². The van der Waals surface area contributed by atoms with Crippen LogP contribution in [-0.2, 0) is 6.54 Å². The molecule has 6 nitrogen and oxygen atoms in total. The molecule has 0 spiro atoms. The smallest absolute Gasteiger partial charge is 0.269 e. The summed E-state index contributed by atoms with van der Waals surface area (Å²) in [6.07, 6.45) is 7.31. The maximum atomic E-state index is 10.7. The second-order valence-corrected chi connectivity index (χ2v) is 5.76. The van der Waals surface area contributed by atoms with Crippen LogP contribution in [0.5, 0.6) is 0 Å². The molecule has 2 aromatic rings. The van der Waals surface area contributed by atoms with Crippen LogP contribution in [0.25, 0.3) is 0 Å². The zero-order valence-corrected chi connectivity index (χ0v) is 12.5. The fraction of sp³-hybridized carbons (Fsp3) is 0.438. The third kappa shape index (κ3) is 3.44. The Morgan fingerprint density at radius 2 is 1.95 bits per heavy atom. The van der Waals surface area contributed by atoms with Crippen LogP contribution in [0.15, 0.2) is 42.7 Å². The Hall–Kier alpha value is -2.37. The number of benzene rings is 1. The summed E-state index contributed by atoms with van der Waals surface area (Å²) >= 11 is 0. The number of aromatic nitrogens is 2.